The van der Waals surface area contributed by atoms with Crippen molar-refractivity contribution in [1.82, 2.24) is 14.9 Å². The first-order valence-corrected chi connectivity index (χ1v) is 9.03. The molecule has 9 heteroatoms. The van der Waals surface area contributed by atoms with Crippen molar-refractivity contribution in [2.45, 2.75) is 13.5 Å². The summed E-state index contributed by atoms with van der Waals surface area (Å²) >= 11 is 23.4. The largest absolute Gasteiger partial charge is 0.489 e. The van der Waals surface area contributed by atoms with E-state index >= 15 is 0 Å². The summed E-state index contributed by atoms with van der Waals surface area (Å²) in [5, 5.41) is 12.3. The van der Waals surface area contributed by atoms with Gasteiger partial charge in [-0.2, -0.15) is 14.9 Å². The van der Waals surface area contributed by atoms with Crippen molar-refractivity contribution in [3.05, 3.63) is 73.2 Å². The lowest BCUT2D eigenvalue weighted by atomic mass is 10.2. The fourth-order valence-electron chi connectivity index (χ4n) is 2.14. The number of benzene rings is 2. The molecule has 0 unspecified atom stereocenters. The van der Waals surface area contributed by atoms with E-state index in [1.165, 1.54) is 0 Å². The van der Waals surface area contributed by atoms with E-state index < -0.39 is 0 Å². The zero-order valence-corrected chi connectivity index (χ0v) is 16.6. The highest BCUT2D eigenvalue weighted by Crippen LogP contribution is 2.32. The van der Waals surface area contributed by atoms with Gasteiger partial charge in [0.05, 0.1) is 16.3 Å². The van der Waals surface area contributed by atoms with Gasteiger partial charge in [-0.3, -0.25) is 5.10 Å². The second-order valence-electron chi connectivity index (χ2n) is 5.31. The van der Waals surface area contributed by atoms with Crippen LogP contribution < -0.4 is 4.74 Å². The van der Waals surface area contributed by atoms with Gasteiger partial charge in [0.1, 0.15) is 18.2 Å². The molecule has 1 aromatic heterocycles. The normalized spacial score (nSPS) is 11.2. The number of H-pyrrole nitrogens is 1. The monoisotopic (exact) mass is 426 g/mol. The molecule has 0 fully saturated rings. The number of hydrogen-bond donors (Lipinski definition) is 1. The molecule has 0 aliphatic rings. The number of hydrogen-bond acceptors (Lipinski definition) is 4. The van der Waals surface area contributed by atoms with E-state index in [0.29, 0.717) is 37.0 Å². The van der Waals surface area contributed by atoms with Crippen molar-refractivity contribution in [2.24, 2.45) is 5.10 Å². The number of nitrogens with zero attached hydrogens (tertiary/aromatic N) is 3. The molecule has 134 valence electrons. The fourth-order valence-corrected chi connectivity index (χ4v) is 3.02. The van der Waals surface area contributed by atoms with E-state index in [1.54, 1.807) is 23.0 Å². The predicted octanol–water partition coefficient (Wildman–Crippen LogP) is 5.67. The van der Waals surface area contributed by atoms with Crippen LogP contribution in [0.3, 0.4) is 0 Å². The third kappa shape index (κ3) is 4.27. The maximum atomic E-state index is 6.17. The summed E-state index contributed by atoms with van der Waals surface area (Å²) in [5.41, 5.74) is 1.54. The molecular formula is C17H13Cl3N4OS. The average molecular weight is 428 g/mol. The summed E-state index contributed by atoms with van der Waals surface area (Å²) in [5.74, 6) is 1.35. The number of halogens is 3. The number of aromatic nitrogens is 3. The zero-order valence-electron chi connectivity index (χ0n) is 13.5. The quantitative estimate of drug-likeness (QED) is 0.324. The first-order valence-electron chi connectivity index (χ1n) is 7.49. The SMILES string of the molecule is Cc1n[nH]c(=S)n1/N=C/c1ccc(OCc2c(Cl)ccc(Cl)c2Cl)cc1. The Labute approximate surface area is 170 Å². The molecule has 0 aliphatic carbocycles. The van der Waals surface area contributed by atoms with Crippen LogP contribution in [-0.2, 0) is 6.61 Å². The molecule has 0 radical (unpaired) electrons. The van der Waals surface area contributed by atoms with Crippen molar-refractivity contribution in [1.29, 1.82) is 0 Å². The van der Waals surface area contributed by atoms with Gasteiger partial charge in [-0.1, -0.05) is 34.8 Å². The molecule has 0 atom stereocenters. The lowest BCUT2D eigenvalue weighted by molar-refractivity contribution is 0.306. The molecule has 2 aromatic carbocycles. The lowest BCUT2D eigenvalue weighted by Gasteiger charge is -2.10. The number of rotatable bonds is 5. The van der Waals surface area contributed by atoms with E-state index in [1.807, 2.05) is 31.2 Å². The van der Waals surface area contributed by atoms with Crippen LogP contribution in [0, 0.1) is 11.7 Å². The Kier molecular flexibility index (Phi) is 5.98. The molecule has 0 spiro atoms. The molecule has 3 aromatic rings. The van der Waals surface area contributed by atoms with Crippen LogP contribution in [0.5, 0.6) is 5.75 Å². The van der Waals surface area contributed by atoms with Crippen LogP contribution in [0.15, 0.2) is 41.5 Å². The van der Waals surface area contributed by atoms with Crippen LogP contribution in [0.2, 0.25) is 15.1 Å². The Bertz CT molecular complexity index is 1010. The summed E-state index contributed by atoms with van der Waals surface area (Å²) in [6.07, 6.45) is 1.69. The Hall–Kier alpha value is -1.86. The van der Waals surface area contributed by atoms with Gasteiger partial charge in [-0.05, 0) is 61.1 Å². The van der Waals surface area contributed by atoms with Crippen molar-refractivity contribution in [2.75, 3.05) is 0 Å². The molecule has 0 saturated carbocycles. The van der Waals surface area contributed by atoms with E-state index in [2.05, 4.69) is 15.3 Å². The minimum absolute atomic E-state index is 0.217. The molecule has 1 N–H and O–H groups in total. The van der Waals surface area contributed by atoms with Gasteiger partial charge in [-0.15, -0.1) is 0 Å². The van der Waals surface area contributed by atoms with Gasteiger partial charge in [0.25, 0.3) is 0 Å². The van der Waals surface area contributed by atoms with Crippen LogP contribution in [0.1, 0.15) is 17.0 Å². The van der Waals surface area contributed by atoms with Gasteiger partial charge < -0.3 is 4.74 Å². The fraction of sp³-hybridized carbons (Fsp3) is 0.118. The highest BCUT2D eigenvalue weighted by atomic mass is 35.5. The van der Waals surface area contributed by atoms with Gasteiger partial charge in [-0.25, -0.2) is 0 Å². The molecule has 3 rings (SSSR count). The van der Waals surface area contributed by atoms with Crippen molar-refractivity contribution < 1.29 is 4.74 Å². The number of nitrogens with one attached hydrogen (secondary N) is 1. The van der Waals surface area contributed by atoms with Crippen LogP contribution in [0.4, 0.5) is 0 Å². The Morgan fingerprint density at radius 3 is 2.50 bits per heavy atom. The molecule has 0 saturated heterocycles. The van der Waals surface area contributed by atoms with E-state index in [0.717, 1.165) is 5.56 Å². The van der Waals surface area contributed by atoms with Gasteiger partial charge >= 0.3 is 0 Å². The highest BCUT2D eigenvalue weighted by molar-refractivity contribution is 7.71. The molecule has 26 heavy (non-hydrogen) atoms. The molecule has 5 nitrogen and oxygen atoms in total. The summed E-state index contributed by atoms with van der Waals surface area (Å²) in [6.45, 7) is 2.03. The average Bonchev–Trinajstić information content (AvgIpc) is 2.95. The summed E-state index contributed by atoms with van der Waals surface area (Å²) in [6, 6.07) is 10.7. The van der Waals surface area contributed by atoms with Crippen LogP contribution in [0.25, 0.3) is 0 Å². The van der Waals surface area contributed by atoms with E-state index in [-0.39, 0.29) is 6.61 Å². The van der Waals surface area contributed by atoms with Crippen molar-refractivity contribution in [3.63, 3.8) is 0 Å². The molecular weight excluding hydrogens is 415 g/mol. The van der Waals surface area contributed by atoms with Gasteiger partial charge in [0, 0.05) is 10.6 Å². The molecule has 0 amide bonds. The minimum atomic E-state index is 0.217. The first-order chi connectivity index (χ1) is 12.5. The van der Waals surface area contributed by atoms with Crippen molar-refractivity contribution >= 4 is 53.2 Å². The minimum Gasteiger partial charge on any atom is -0.489 e. The number of aromatic amines is 1. The van der Waals surface area contributed by atoms with Crippen LogP contribution >= 0.6 is 47.0 Å². The highest BCUT2D eigenvalue weighted by Gasteiger charge is 2.10. The Morgan fingerprint density at radius 1 is 1.15 bits per heavy atom. The number of aryl methyl sites for hydroxylation is 1. The number of ether oxygens (including phenoxy) is 1. The molecule has 1 heterocycles. The summed E-state index contributed by atoms with van der Waals surface area (Å²) in [7, 11) is 0. The maximum Gasteiger partial charge on any atom is 0.216 e. The Morgan fingerprint density at radius 2 is 1.85 bits per heavy atom. The summed E-state index contributed by atoms with van der Waals surface area (Å²) < 4.78 is 7.73. The third-order valence-corrected chi connectivity index (χ3v) is 5.00. The first kappa shape index (κ1) is 18.9. The zero-order chi connectivity index (χ0) is 18.7. The Balaban J connectivity index is 1.69. The second kappa shape index (κ2) is 8.22. The lowest BCUT2D eigenvalue weighted by Crippen LogP contribution is -1.98. The van der Waals surface area contributed by atoms with Gasteiger partial charge in [0.2, 0.25) is 4.77 Å². The van der Waals surface area contributed by atoms with Crippen molar-refractivity contribution in [3.8, 4) is 5.75 Å². The predicted molar refractivity (Wildman–Crippen MR) is 107 cm³/mol. The standard InChI is InChI=1S/C17H13Cl3N4OS/c1-10-22-23-17(26)24(10)21-8-11-2-4-12(5-3-11)25-9-13-14(18)6-7-15(19)16(13)20/h2-8H,9H2,1H3,(H,23,26)/b21-8+. The topological polar surface area (TPSA) is 55.2 Å². The second-order valence-corrected chi connectivity index (χ2v) is 6.89. The van der Waals surface area contributed by atoms with E-state index in [9.17, 15) is 0 Å². The smallest absolute Gasteiger partial charge is 0.216 e. The molecule has 0 bridgehead atoms. The summed E-state index contributed by atoms with van der Waals surface area (Å²) in [4.78, 5) is 0. The van der Waals surface area contributed by atoms with E-state index in [4.69, 9.17) is 51.8 Å². The third-order valence-electron chi connectivity index (χ3n) is 3.54. The van der Waals surface area contributed by atoms with Gasteiger partial charge in [0.15, 0.2) is 0 Å². The molecule has 0 aliphatic heterocycles. The van der Waals surface area contributed by atoms with Crippen LogP contribution in [-0.4, -0.2) is 21.1 Å². The maximum absolute atomic E-state index is 6.17.